The fourth-order valence-corrected chi connectivity index (χ4v) is 2.71. The molecule has 0 aromatic heterocycles. The van der Waals surface area contributed by atoms with E-state index < -0.39 is 6.04 Å². The molecule has 0 saturated carbocycles. The molecule has 6 heteroatoms. The fourth-order valence-electron chi connectivity index (χ4n) is 1.78. The van der Waals surface area contributed by atoms with Crippen LogP contribution in [-0.2, 0) is 4.79 Å². The summed E-state index contributed by atoms with van der Waals surface area (Å²) < 4.78 is 6.22. The van der Waals surface area contributed by atoms with Crippen molar-refractivity contribution in [3.63, 3.8) is 0 Å². The zero-order valence-corrected chi connectivity index (χ0v) is 14.2. The molecule has 1 rings (SSSR count). The predicted molar refractivity (Wildman–Crippen MR) is 86.4 cm³/mol. The summed E-state index contributed by atoms with van der Waals surface area (Å²) in [5.74, 6) is 0.670. The number of nitrogens with one attached hydrogen (secondary N) is 1. The van der Waals surface area contributed by atoms with Crippen LogP contribution in [0.1, 0.15) is 27.2 Å². The van der Waals surface area contributed by atoms with Gasteiger partial charge in [0.25, 0.3) is 0 Å². The highest BCUT2D eigenvalue weighted by atomic mass is 79.9. The summed E-state index contributed by atoms with van der Waals surface area (Å²) in [6.07, 6.45) is 0.623. The van der Waals surface area contributed by atoms with Crippen molar-refractivity contribution in [2.75, 3.05) is 11.9 Å². The van der Waals surface area contributed by atoms with E-state index in [0.29, 0.717) is 39.9 Å². The van der Waals surface area contributed by atoms with Gasteiger partial charge in [0.2, 0.25) is 5.91 Å². The predicted octanol–water partition coefficient (Wildman–Crippen LogP) is 3.81. The smallest absolute Gasteiger partial charge is 0.241 e. The lowest BCUT2D eigenvalue weighted by molar-refractivity contribution is -0.117. The Bertz CT molecular complexity index is 480. The van der Waals surface area contributed by atoms with Crippen LogP contribution in [-0.4, -0.2) is 18.6 Å². The van der Waals surface area contributed by atoms with Crippen LogP contribution < -0.4 is 15.8 Å². The van der Waals surface area contributed by atoms with E-state index in [4.69, 9.17) is 22.1 Å². The van der Waals surface area contributed by atoms with Gasteiger partial charge in [-0.3, -0.25) is 4.79 Å². The molecule has 0 heterocycles. The van der Waals surface area contributed by atoms with Crippen molar-refractivity contribution < 1.29 is 9.53 Å². The van der Waals surface area contributed by atoms with E-state index in [1.54, 1.807) is 12.1 Å². The number of rotatable bonds is 6. The number of carbonyl (C=O) groups excluding carboxylic acids is 1. The summed E-state index contributed by atoms with van der Waals surface area (Å²) >= 11 is 9.38. The molecule has 3 N–H and O–H groups in total. The summed E-state index contributed by atoms with van der Waals surface area (Å²) in [7, 11) is 0. The van der Waals surface area contributed by atoms with Gasteiger partial charge >= 0.3 is 0 Å². The third kappa shape index (κ3) is 4.96. The molecule has 0 radical (unpaired) electrons. The lowest BCUT2D eigenvalue weighted by Gasteiger charge is -2.17. The van der Waals surface area contributed by atoms with E-state index in [-0.39, 0.29) is 5.91 Å². The first-order chi connectivity index (χ1) is 9.35. The summed E-state index contributed by atoms with van der Waals surface area (Å²) in [5, 5.41) is 3.29. The van der Waals surface area contributed by atoms with E-state index in [9.17, 15) is 4.79 Å². The number of benzene rings is 1. The number of hydrogen-bond donors (Lipinski definition) is 2. The summed E-state index contributed by atoms with van der Waals surface area (Å²) in [6, 6.07) is 2.82. The van der Waals surface area contributed by atoms with Gasteiger partial charge in [-0.2, -0.15) is 0 Å². The normalized spacial score (nSPS) is 12.3. The monoisotopic (exact) mass is 362 g/mol. The second-order valence-electron chi connectivity index (χ2n) is 4.92. The zero-order chi connectivity index (χ0) is 15.3. The minimum Gasteiger partial charge on any atom is -0.491 e. The zero-order valence-electron chi connectivity index (χ0n) is 11.9. The first-order valence-corrected chi connectivity index (χ1v) is 7.70. The van der Waals surface area contributed by atoms with Crippen molar-refractivity contribution in [2.24, 2.45) is 11.7 Å². The molecule has 0 saturated heterocycles. The first-order valence-electron chi connectivity index (χ1n) is 6.53. The van der Waals surface area contributed by atoms with Crippen LogP contribution in [0.5, 0.6) is 5.75 Å². The quantitative estimate of drug-likeness (QED) is 0.807. The molecule has 0 aliphatic heterocycles. The molecule has 20 heavy (non-hydrogen) atoms. The van der Waals surface area contributed by atoms with Crippen LogP contribution in [0.15, 0.2) is 16.6 Å². The third-order valence-corrected chi connectivity index (χ3v) is 3.42. The molecule has 0 spiro atoms. The average Bonchev–Trinajstić information content (AvgIpc) is 2.32. The largest absolute Gasteiger partial charge is 0.491 e. The van der Waals surface area contributed by atoms with Crippen LogP contribution in [0.4, 0.5) is 5.69 Å². The van der Waals surface area contributed by atoms with Crippen molar-refractivity contribution in [2.45, 2.75) is 33.2 Å². The van der Waals surface area contributed by atoms with Crippen LogP contribution in [0.2, 0.25) is 5.02 Å². The van der Waals surface area contributed by atoms with Gasteiger partial charge in [-0.05, 0) is 47.3 Å². The Balaban J connectivity index is 2.93. The number of amides is 1. The van der Waals surface area contributed by atoms with Crippen molar-refractivity contribution >= 4 is 39.1 Å². The van der Waals surface area contributed by atoms with Crippen molar-refractivity contribution in [1.82, 2.24) is 0 Å². The van der Waals surface area contributed by atoms with Crippen LogP contribution in [0.25, 0.3) is 0 Å². The van der Waals surface area contributed by atoms with Gasteiger partial charge in [0.1, 0.15) is 0 Å². The van der Waals surface area contributed by atoms with E-state index in [2.05, 4.69) is 21.2 Å². The van der Waals surface area contributed by atoms with Crippen molar-refractivity contribution in [3.05, 3.63) is 21.6 Å². The molecule has 4 nitrogen and oxygen atoms in total. The number of carbonyl (C=O) groups is 1. The summed E-state index contributed by atoms with van der Waals surface area (Å²) in [5.41, 5.74) is 6.39. The van der Waals surface area contributed by atoms with Gasteiger partial charge in [-0.1, -0.05) is 25.4 Å². The Morgan fingerprint density at radius 1 is 1.50 bits per heavy atom. The Hall–Kier alpha value is -0.780. The van der Waals surface area contributed by atoms with Gasteiger partial charge in [-0.25, -0.2) is 0 Å². The lowest BCUT2D eigenvalue weighted by Crippen LogP contribution is -2.36. The van der Waals surface area contributed by atoms with E-state index in [1.807, 2.05) is 20.8 Å². The minimum atomic E-state index is -0.553. The second kappa shape index (κ2) is 7.86. The number of anilines is 1. The Labute approximate surface area is 133 Å². The van der Waals surface area contributed by atoms with E-state index in [0.717, 1.165) is 0 Å². The molecule has 1 amide bonds. The Morgan fingerprint density at radius 2 is 2.15 bits per heavy atom. The highest BCUT2D eigenvalue weighted by Crippen LogP contribution is 2.36. The second-order valence-corrected chi connectivity index (χ2v) is 6.21. The maximum Gasteiger partial charge on any atom is 0.241 e. The maximum absolute atomic E-state index is 12.1. The SMILES string of the molecule is CCOc1c(Br)cc(Cl)cc1NC(=O)[C@H](N)CC(C)C. The first kappa shape index (κ1) is 17.3. The summed E-state index contributed by atoms with van der Waals surface area (Å²) in [6.45, 7) is 6.40. The lowest BCUT2D eigenvalue weighted by atomic mass is 10.0. The Morgan fingerprint density at radius 3 is 2.70 bits per heavy atom. The number of nitrogens with two attached hydrogens (primary N) is 1. The number of halogens is 2. The molecule has 0 bridgehead atoms. The molecule has 1 aromatic rings. The molecular formula is C14H20BrClN2O2. The Kier molecular flexibility index (Phi) is 6.79. The molecule has 0 fully saturated rings. The molecular weight excluding hydrogens is 344 g/mol. The van der Waals surface area contributed by atoms with Crippen LogP contribution >= 0.6 is 27.5 Å². The topological polar surface area (TPSA) is 64.3 Å². The molecule has 0 aliphatic rings. The van der Waals surface area contributed by atoms with E-state index in [1.165, 1.54) is 0 Å². The highest BCUT2D eigenvalue weighted by molar-refractivity contribution is 9.10. The van der Waals surface area contributed by atoms with Gasteiger partial charge in [0.15, 0.2) is 5.75 Å². The highest BCUT2D eigenvalue weighted by Gasteiger charge is 2.18. The van der Waals surface area contributed by atoms with Crippen molar-refractivity contribution in [3.8, 4) is 5.75 Å². The van der Waals surface area contributed by atoms with Gasteiger partial charge in [0.05, 0.1) is 22.8 Å². The summed E-state index contributed by atoms with van der Waals surface area (Å²) in [4.78, 5) is 12.1. The van der Waals surface area contributed by atoms with Crippen molar-refractivity contribution in [1.29, 1.82) is 0 Å². The molecule has 0 aliphatic carbocycles. The maximum atomic E-state index is 12.1. The van der Waals surface area contributed by atoms with Crippen LogP contribution in [0, 0.1) is 5.92 Å². The number of ether oxygens (including phenoxy) is 1. The third-order valence-electron chi connectivity index (χ3n) is 2.62. The standard InChI is InChI=1S/C14H20BrClN2O2/c1-4-20-13-10(15)6-9(16)7-12(13)18-14(19)11(17)5-8(2)3/h6-8,11H,4-5,17H2,1-3H3,(H,18,19)/t11-/m1/s1. The minimum absolute atomic E-state index is 0.242. The number of hydrogen-bond acceptors (Lipinski definition) is 3. The average molecular weight is 364 g/mol. The van der Waals surface area contributed by atoms with E-state index >= 15 is 0 Å². The van der Waals surface area contributed by atoms with Crippen LogP contribution in [0.3, 0.4) is 0 Å². The molecule has 1 atom stereocenters. The fraction of sp³-hybridized carbons (Fsp3) is 0.500. The molecule has 0 unspecified atom stereocenters. The van der Waals surface area contributed by atoms with Gasteiger partial charge < -0.3 is 15.8 Å². The molecule has 112 valence electrons. The van der Waals surface area contributed by atoms with Gasteiger partial charge in [-0.15, -0.1) is 0 Å². The molecule has 1 aromatic carbocycles. The van der Waals surface area contributed by atoms with Gasteiger partial charge in [0, 0.05) is 5.02 Å².